The lowest BCUT2D eigenvalue weighted by atomic mass is 10.0. The number of aliphatic hydroxyl groups is 1. The van der Waals surface area contributed by atoms with Gasteiger partial charge in [-0.25, -0.2) is 4.79 Å². The van der Waals surface area contributed by atoms with Gasteiger partial charge < -0.3 is 14.9 Å². The molecule has 0 aliphatic heterocycles. The Labute approximate surface area is 94.5 Å². The van der Waals surface area contributed by atoms with Crippen LogP contribution >= 0.6 is 0 Å². The molecule has 0 heterocycles. The fourth-order valence-electron chi connectivity index (χ4n) is 1.55. The molecule has 0 aliphatic carbocycles. The van der Waals surface area contributed by atoms with Crippen LogP contribution in [0.4, 0.5) is 0 Å². The van der Waals surface area contributed by atoms with Crippen molar-refractivity contribution in [1.82, 2.24) is 0 Å². The summed E-state index contributed by atoms with van der Waals surface area (Å²) in [6, 6.07) is 5.43. The average molecular weight is 224 g/mol. The molecule has 0 bridgehead atoms. The Balaban J connectivity index is 2.86. The van der Waals surface area contributed by atoms with Gasteiger partial charge in [-0.05, 0) is 23.6 Å². The van der Waals surface area contributed by atoms with Gasteiger partial charge in [0.15, 0.2) is 6.10 Å². The second-order valence-electron chi connectivity index (χ2n) is 3.56. The summed E-state index contributed by atoms with van der Waals surface area (Å²) in [4.78, 5) is 10.5. The minimum atomic E-state index is -1.35. The van der Waals surface area contributed by atoms with Gasteiger partial charge in [-0.1, -0.05) is 19.1 Å². The van der Waals surface area contributed by atoms with Crippen molar-refractivity contribution in [3.05, 3.63) is 29.3 Å². The van der Waals surface area contributed by atoms with Crippen LogP contribution < -0.4 is 4.74 Å². The van der Waals surface area contributed by atoms with E-state index < -0.39 is 12.1 Å². The van der Waals surface area contributed by atoms with Crippen LogP contribution in [0.2, 0.25) is 0 Å². The first-order valence-electron chi connectivity index (χ1n) is 5.15. The molecule has 0 saturated heterocycles. The molecule has 0 radical (unpaired) electrons. The molecule has 16 heavy (non-hydrogen) atoms. The first kappa shape index (κ1) is 12.5. The third kappa shape index (κ3) is 2.97. The van der Waals surface area contributed by atoms with Gasteiger partial charge in [0.25, 0.3) is 0 Å². The van der Waals surface area contributed by atoms with Gasteiger partial charge in [-0.15, -0.1) is 0 Å². The molecule has 0 saturated carbocycles. The molecule has 0 aliphatic rings. The summed E-state index contributed by atoms with van der Waals surface area (Å²) in [7, 11) is 1.60. The fraction of sp³-hybridized carbons (Fsp3) is 0.417. The van der Waals surface area contributed by atoms with E-state index in [1.807, 2.05) is 13.0 Å². The molecule has 88 valence electrons. The van der Waals surface area contributed by atoms with Crippen molar-refractivity contribution in [3.63, 3.8) is 0 Å². The Bertz CT molecular complexity index is 373. The highest BCUT2D eigenvalue weighted by Crippen LogP contribution is 2.21. The second-order valence-corrected chi connectivity index (χ2v) is 3.56. The van der Waals surface area contributed by atoms with Crippen molar-refractivity contribution in [1.29, 1.82) is 0 Å². The molecule has 4 nitrogen and oxygen atoms in total. The maximum absolute atomic E-state index is 10.5. The zero-order chi connectivity index (χ0) is 12.1. The number of aliphatic hydroxyl groups excluding tert-OH is 1. The quantitative estimate of drug-likeness (QED) is 0.789. The van der Waals surface area contributed by atoms with Gasteiger partial charge in [0.05, 0.1) is 7.11 Å². The zero-order valence-electron chi connectivity index (χ0n) is 9.43. The van der Waals surface area contributed by atoms with Crippen LogP contribution in [-0.4, -0.2) is 29.4 Å². The molecule has 1 aromatic rings. The number of methoxy groups -OCH3 is 1. The number of hydrogen-bond acceptors (Lipinski definition) is 3. The minimum absolute atomic E-state index is 0.117. The standard InChI is InChI=1S/C12H16O4/c1-3-9-6-8(4-5-11(9)16-2)7-10(13)12(14)15/h4-6,10,13H,3,7H2,1-2H3,(H,14,15). The van der Waals surface area contributed by atoms with Crippen LogP contribution in [0.5, 0.6) is 5.75 Å². The van der Waals surface area contributed by atoms with Crippen molar-refractivity contribution < 1.29 is 19.7 Å². The summed E-state index contributed by atoms with van der Waals surface area (Å²) in [5.74, 6) is -0.412. The number of aliphatic carboxylic acids is 1. The van der Waals surface area contributed by atoms with Gasteiger partial charge in [-0.3, -0.25) is 0 Å². The number of aryl methyl sites for hydroxylation is 1. The highest BCUT2D eigenvalue weighted by atomic mass is 16.5. The van der Waals surface area contributed by atoms with E-state index in [9.17, 15) is 9.90 Å². The Hall–Kier alpha value is -1.55. The predicted molar refractivity (Wildman–Crippen MR) is 59.7 cm³/mol. The van der Waals surface area contributed by atoms with E-state index in [2.05, 4.69) is 0 Å². The summed E-state index contributed by atoms with van der Waals surface area (Å²) < 4.78 is 5.16. The summed E-state index contributed by atoms with van der Waals surface area (Å²) >= 11 is 0. The van der Waals surface area contributed by atoms with Gasteiger partial charge in [0.2, 0.25) is 0 Å². The first-order valence-corrected chi connectivity index (χ1v) is 5.15. The van der Waals surface area contributed by atoms with E-state index in [-0.39, 0.29) is 6.42 Å². The number of hydrogen-bond donors (Lipinski definition) is 2. The summed E-state index contributed by atoms with van der Waals surface area (Å²) in [6.45, 7) is 2.00. The molecule has 1 unspecified atom stereocenters. The fourth-order valence-corrected chi connectivity index (χ4v) is 1.55. The van der Waals surface area contributed by atoms with E-state index in [1.54, 1.807) is 19.2 Å². The van der Waals surface area contributed by atoms with Crippen LogP contribution in [0.3, 0.4) is 0 Å². The lowest BCUT2D eigenvalue weighted by molar-refractivity contribution is -0.146. The number of benzene rings is 1. The first-order chi connectivity index (χ1) is 7.58. The van der Waals surface area contributed by atoms with E-state index in [1.165, 1.54) is 0 Å². The Morgan fingerprint density at radius 2 is 2.19 bits per heavy atom. The van der Waals surface area contributed by atoms with Crippen LogP contribution in [-0.2, 0) is 17.6 Å². The molecule has 0 aromatic heterocycles. The summed E-state index contributed by atoms with van der Waals surface area (Å²) in [5, 5.41) is 17.8. The zero-order valence-corrected chi connectivity index (χ0v) is 9.43. The van der Waals surface area contributed by atoms with Crippen LogP contribution in [0.15, 0.2) is 18.2 Å². The van der Waals surface area contributed by atoms with Gasteiger partial charge in [0.1, 0.15) is 5.75 Å². The molecular formula is C12H16O4. The van der Waals surface area contributed by atoms with Crippen LogP contribution in [0, 0.1) is 0 Å². The minimum Gasteiger partial charge on any atom is -0.496 e. The third-order valence-electron chi connectivity index (χ3n) is 2.44. The van der Waals surface area contributed by atoms with E-state index >= 15 is 0 Å². The molecular weight excluding hydrogens is 208 g/mol. The average Bonchev–Trinajstić information content (AvgIpc) is 2.28. The van der Waals surface area contributed by atoms with Crippen molar-refractivity contribution in [2.45, 2.75) is 25.9 Å². The third-order valence-corrected chi connectivity index (χ3v) is 2.44. The Morgan fingerprint density at radius 1 is 1.50 bits per heavy atom. The highest BCUT2D eigenvalue weighted by molar-refractivity contribution is 5.72. The van der Waals surface area contributed by atoms with Crippen molar-refractivity contribution in [2.75, 3.05) is 7.11 Å². The second kappa shape index (κ2) is 5.51. The number of carbonyl (C=O) groups is 1. The molecule has 1 rings (SSSR count). The SMILES string of the molecule is CCc1cc(CC(O)C(=O)O)ccc1OC. The van der Waals surface area contributed by atoms with E-state index in [4.69, 9.17) is 9.84 Å². The van der Waals surface area contributed by atoms with Crippen LogP contribution in [0.25, 0.3) is 0 Å². The van der Waals surface area contributed by atoms with E-state index in [0.717, 1.165) is 23.3 Å². The topological polar surface area (TPSA) is 66.8 Å². The molecule has 2 N–H and O–H groups in total. The number of rotatable bonds is 5. The molecule has 1 aromatic carbocycles. The maximum atomic E-state index is 10.5. The Kier molecular flexibility index (Phi) is 4.31. The lowest BCUT2D eigenvalue weighted by Crippen LogP contribution is -2.22. The molecule has 1 atom stereocenters. The van der Waals surface area contributed by atoms with Crippen molar-refractivity contribution in [2.24, 2.45) is 0 Å². The number of carboxylic acid groups (broad SMARTS) is 1. The molecule has 4 heteroatoms. The van der Waals surface area contributed by atoms with Crippen LogP contribution in [0.1, 0.15) is 18.1 Å². The van der Waals surface area contributed by atoms with Crippen molar-refractivity contribution in [3.8, 4) is 5.75 Å². The molecule has 0 spiro atoms. The van der Waals surface area contributed by atoms with Gasteiger partial charge in [-0.2, -0.15) is 0 Å². The van der Waals surface area contributed by atoms with E-state index in [0.29, 0.717) is 0 Å². The van der Waals surface area contributed by atoms with Gasteiger partial charge in [0, 0.05) is 6.42 Å². The number of ether oxygens (including phenoxy) is 1. The largest absolute Gasteiger partial charge is 0.496 e. The smallest absolute Gasteiger partial charge is 0.332 e. The normalized spacial score (nSPS) is 12.2. The van der Waals surface area contributed by atoms with Crippen molar-refractivity contribution >= 4 is 5.97 Å². The predicted octanol–water partition coefficient (Wildman–Crippen LogP) is 1.25. The molecule has 0 fully saturated rings. The monoisotopic (exact) mass is 224 g/mol. The highest BCUT2D eigenvalue weighted by Gasteiger charge is 2.14. The summed E-state index contributed by atoms with van der Waals surface area (Å²) in [5.41, 5.74) is 1.81. The Morgan fingerprint density at radius 3 is 2.69 bits per heavy atom. The molecule has 0 amide bonds. The number of carboxylic acids is 1. The van der Waals surface area contributed by atoms with Gasteiger partial charge >= 0.3 is 5.97 Å². The lowest BCUT2D eigenvalue weighted by Gasteiger charge is -2.10. The maximum Gasteiger partial charge on any atom is 0.332 e. The summed E-state index contributed by atoms with van der Waals surface area (Å²) in [6.07, 6.45) is -0.426.